The average molecular weight is 1360 g/mol. The summed E-state index contributed by atoms with van der Waals surface area (Å²) in [5.41, 5.74) is 34.9. The molecule has 0 bridgehead atoms. The van der Waals surface area contributed by atoms with Crippen LogP contribution >= 0.6 is 35.8 Å². The maximum atomic E-state index is 7.21. The second kappa shape index (κ2) is 21.3. The maximum absolute atomic E-state index is 7.21. The van der Waals surface area contributed by atoms with Gasteiger partial charge in [-0.15, -0.1) is 0 Å². The van der Waals surface area contributed by atoms with Crippen LogP contribution in [0.25, 0.3) is 99.2 Å². The minimum absolute atomic E-state index is 0.138. The molecule has 17 aromatic rings. The topological polar surface area (TPSA) is 73.6 Å². The Kier molecular flexibility index (Phi) is 12.0. The van der Waals surface area contributed by atoms with Gasteiger partial charge in [0.1, 0.15) is 45.0 Å². The van der Waals surface area contributed by atoms with Gasteiger partial charge in [0.05, 0.1) is 17.1 Å². The van der Waals surface area contributed by atoms with Crippen LogP contribution in [0.4, 0.5) is 62.6 Å². The van der Waals surface area contributed by atoms with Crippen LogP contribution < -0.4 is 77.0 Å². The SMILES string of the molecule is CSN1c2cc3c(cc2B2c4ccccc4Oc4cc(-c5cccc6c5oc5ccccc56)cc1c42)B1c2cc4c(cc2N(SC)c2cc(-c5cccc6c5oc5ccccc56)cc(c21)N3SC)Nc1cc(-c2cccc3c2oc2ccccc23)cc2c1B4c1ccccc1N2c1ccccc1. The van der Waals surface area contributed by atoms with Crippen LogP contribution in [0.3, 0.4) is 0 Å². The van der Waals surface area contributed by atoms with Crippen molar-refractivity contribution in [2.24, 2.45) is 0 Å². The Bertz CT molecular complexity index is 6590. The van der Waals surface area contributed by atoms with E-state index in [9.17, 15) is 0 Å². The number of nitrogens with zero attached hydrogens (tertiary/aromatic N) is 4. The maximum Gasteiger partial charge on any atom is 0.256 e. The van der Waals surface area contributed by atoms with E-state index in [1.165, 1.54) is 38.2 Å². The smallest absolute Gasteiger partial charge is 0.256 e. The summed E-state index contributed by atoms with van der Waals surface area (Å²) in [6.45, 7) is -0.504. The number of rotatable bonds is 7. The highest BCUT2D eigenvalue weighted by molar-refractivity contribution is 8.01. The largest absolute Gasteiger partial charge is 0.458 e. The molecular weight excluding hydrogens is 1310 g/mol. The van der Waals surface area contributed by atoms with Crippen molar-refractivity contribution in [3.63, 3.8) is 0 Å². The number of nitrogens with one attached hydrogen (secondary N) is 1. The molecule has 23 rings (SSSR count). The Morgan fingerprint density at radius 3 is 1.31 bits per heavy atom. The van der Waals surface area contributed by atoms with Crippen molar-refractivity contribution in [2.45, 2.75) is 0 Å². The van der Waals surface area contributed by atoms with Gasteiger partial charge in [0.2, 0.25) is 0 Å². The van der Waals surface area contributed by atoms with Crippen LogP contribution in [-0.2, 0) is 0 Å². The molecule has 15 heteroatoms. The van der Waals surface area contributed by atoms with Crippen LogP contribution in [0.15, 0.2) is 280 Å². The first-order valence-electron chi connectivity index (χ1n) is 34.6. The molecule has 0 amide bonds. The third-order valence-corrected chi connectivity index (χ3v) is 24.6. The molecule has 0 fully saturated rings. The van der Waals surface area contributed by atoms with Crippen LogP contribution in [0.2, 0.25) is 0 Å². The summed E-state index contributed by atoms with van der Waals surface area (Å²) in [7, 11) is 0. The molecule has 0 saturated carbocycles. The van der Waals surface area contributed by atoms with E-state index < -0.39 is 0 Å². The molecule has 14 aromatic carbocycles. The zero-order valence-electron chi connectivity index (χ0n) is 55.3. The number of anilines is 11. The number of fused-ring (bicyclic) bond motifs is 21. The summed E-state index contributed by atoms with van der Waals surface area (Å²) in [6.07, 6.45) is 6.67. The molecule has 0 radical (unpaired) electrons. The number of hydrogen-bond acceptors (Lipinski definition) is 12. The molecule has 102 heavy (non-hydrogen) atoms. The van der Waals surface area contributed by atoms with E-state index in [0.29, 0.717) is 0 Å². The van der Waals surface area contributed by atoms with Gasteiger partial charge in [0.25, 0.3) is 20.1 Å². The Morgan fingerprint density at radius 2 is 0.735 bits per heavy atom. The van der Waals surface area contributed by atoms with E-state index in [0.717, 1.165) is 184 Å². The molecule has 3 aromatic heterocycles. The zero-order chi connectivity index (χ0) is 66.9. The van der Waals surface area contributed by atoms with Gasteiger partial charge in [-0.25, -0.2) is 0 Å². The summed E-state index contributed by atoms with van der Waals surface area (Å²) in [4.78, 5) is 2.48. The minimum Gasteiger partial charge on any atom is -0.458 e. The summed E-state index contributed by atoms with van der Waals surface area (Å²) in [5.74, 6) is 1.71. The van der Waals surface area contributed by atoms with Gasteiger partial charge in [-0.1, -0.05) is 176 Å². The van der Waals surface area contributed by atoms with E-state index in [2.05, 4.69) is 303 Å². The Morgan fingerprint density at radius 1 is 0.294 bits per heavy atom. The molecule has 478 valence electrons. The number of para-hydroxylation sites is 9. The van der Waals surface area contributed by atoms with Gasteiger partial charge in [-0.05, 0) is 193 Å². The number of benzene rings is 14. The third kappa shape index (κ3) is 7.76. The van der Waals surface area contributed by atoms with Crippen LogP contribution in [0, 0.1) is 0 Å². The van der Waals surface area contributed by atoms with E-state index in [1.54, 1.807) is 35.8 Å². The molecular formula is C87H54B3N5O4S3. The van der Waals surface area contributed by atoms with Crippen LogP contribution in [-0.4, -0.2) is 38.9 Å². The van der Waals surface area contributed by atoms with E-state index in [1.807, 2.05) is 6.07 Å². The monoisotopic (exact) mass is 1360 g/mol. The normalized spacial score (nSPS) is 14.0. The fourth-order valence-electron chi connectivity index (χ4n) is 18.2. The molecule has 6 aliphatic heterocycles. The predicted octanol–water partition coefficient (Wildman–Crippen LogP) is 18.1. The number of furan rings is 3. The Labute approximate surface area is 600 Å². The summed E-state index contributed by atoms with van der Waals surface area (Å²) in [5, 5.41) is 10.8. The van der Waals surface area contributed by atoms with Gasteiger partial charge < -0.3 is 28.2 Å². The van der Waals surface area contributed by atoms with E-state index in [-0.39, 0.29) is 20.1 Å². The van der Waals surface area contributed by atoms with E-state index in [4.69, 9.17) is 18.0 Å². The average Bonchev–Trinajstić information content (AvgIpc) is 1.07. The first-order chi connectivity index (χ1) is 50.4. The lowest BCUT2D eigenvalue weighted by Crippen LogP contribution is -2.66. The fourth-order valence-corrected chi connectivity index (χ4v) is 20.4. The summed E-state index contributed by atoms with van der Waals surface area (Å²) < 4.78 is 35.3. The van der Waals surface area contributed by atoms with Crippen molar-refractivity contribution >= 4 is 234 Å². The van der Waals surface area contributed by atoms with Gasteiger partial charge in [-0.3, -0.25) is 12.9 Å². The Balaban J connectivity index is 0.775. The van der Waals surface area contributed by atoms with Crippen molar-refractivity contribution in [2.75, 3.05) is 41.9 Å². The molecule has 9 nitrogen and oxygen atoms in total. The number of hydrogen-bond donors (Lipinski definition) is 1. The second-order valence-electron chi connectivity index (χ2n) is 27.3. The molecule has 0 spiro atoms. The highest BCUT2D eigenvalue weighted by atomic mass is 32.2. The molecule has 0 aliphatic carbocycles. The highest BCUT2D eigenvalue weighted by Gasteiger charge is 2.50. The predicted molar refractivity (Wildman–Crippen MR) is 436 cm³/mol. The van der Waals surface area contributed by atoms with Crippen LogP contribution in [0.5, 0.6) is 11.5 Å². The second-order valence-corrected chi connectivity index (χ2v) is 29.5. The summed E-state index contributed by atoms with van der Waals surface area (Å²) in [6, 6.07) is 98.0. The fraction of sp³-hybridized carbons (Fsp3) is 0.0345. The van der Waals surface area contributed by atoms with Crippen molar-refractivity contribution in [1.29, 1.82) is 0 Å². The molecule has 0 unspecified atom stereocenters. The molecule has 1 N–H and O–H groups in total. The lowest BCUT2D eigenvalue weighted by atomic mass is 9.29. The van der Waals surface area contributed by atoms with Gasteiger partial charge in [0.15, 0.2) is 0 Å². The standard InChI is InChI=1S/C87H54B3N5O4S3/c1-100-93-70-46-67-63(88-61-31-10-12-33-69(61)92(51-20-5-4-6-21-51)73-39-48(38-68(91-67)82(73)88)52-25-17-28-58-55-22-7-13-34-77(55)97-85(52)58)44-64(70)90-66-45-65-71(47-72(66)94(101-2)75-41-49(40-74(93)83(75)90)53-26-18-29-59-56-23-8-14-35-78(56)98-86(53)59)95(102-3)76-42-50(43-81-84(76)89(65)62-32-11-16-37-80(62)96-81)54-27-19-30-60-57-24-9-15-36-79(57)99-87(54)60/h4-47,91H,1-3H3. The number of ether oxygens (including phenoxy) is 1. The first-order valence-corrected chi connectivity index (χ1v) is 38.1. The van der Waals surface area contributed by atoms with Gasteiger partial charge in [0, 0.05) is 113 Å². The van der Waals surface area contributed by atoms with E-state index >= 15 is 0 Å². The van der Waals surface area contributed by atoms with Gasteiger partial charge in [-0.2, -0.15) is 0 Å². The summed E-state index contributed by atoms with van der Waals surface area (Å²) >= 11 is 5.26. The lowest BCUT2D eigenvalue weighted by Gasteiger charge is -2.46. The van der Waals surface area contributed by atoms with Crippen molar-refractivity contribution in [3.05, 3.63) is 267 Å². The van der Waals surface area contributed by atoms with Crippen LogP contribution in [0.1, 0.15) is 0 Å². The van der Waals surface area contributed by atoms with Crippen molar-refractivity contribution in [1.82, 2.24) is 0 Å². The third-order valence-electron chi connectivity index (χ3n) is 22.4. The van der Waals surface area contributed by atoms with Crippen molar-refractivity contribution < 1.29 is 18.0 Å². The molecule has 9 heterocycles. The zero-order valence-corrected chi connectivity index (χ0v) is 57.7. The molecule has 0 saturated heterocycles. The lowest BCUT2D eigenvalue weighted by molar-refractivity contribution is 0.488. The molecule has 6 aliphatic rings. The van der Waals surface area contributed by atoms with Gasteiger partial charge >= 0.3 is 0 Å². The van der Waals surface area contributed by atoms with Crippen molar-refractivity contribution in [3.8, 4) is 44.9 Å². The highest BCUT2D eigenvalue weighted by Crippen LogP contribution is 2.52. The quantitative estimate of drug-likeness (QED) is 0.122. The molecule has 0 atom stereocenters. The first kappa shape index (κ1) is 57.3. The Hall–Kier alpha value is -11.5. The minimum atomic E-state index is -0.212.